The second kappa shape index (κ2) is 5.19. The summed E-state index contributed by atoms with van der Waals surface area (Å²) in [5.41, 5.74) is 0. The van der Waals surface area contributed by atoms with Gasteiger partial charge in [-0.3, -0.25) is 4.79 Å². The number of nitrogens with zero attached hydrogens (tertiary/aromatic N) is 2. The van der Waals surface area contributed by atoms with Crippen LogP contribution in [0.5, 0.6) is 0 Å². The summed E-state index contributed by atoms with van der Waals surface area (Å²) >= 11 is 0. The lowest BCUT2D eigenvalue weighted by Crippen LogP contribution is -2.33. The van der Waals surface area contributed by atoms with Crippen molar-refractivity contribution < 1.29 is 9.90 Å². The van der Waals surface area contributed by atoms with Gasteiger partial charge in [0.15, 0.2) is 0 Å². The van der Waals surface area contributed by atoms with Crippen molar-refractivity contribution in [2.45, 2.75) is 12.8 Å². The third-order valence-electron chi connectivity index (χ3n) is 2.40. The molecule has 1 amide bonds. The molecule has 0 atom stereocenters. The standard InChI is InChI=1S/C9H18N2O2/c1-10-5-3-9(13)11(7-6-10)4-2-8-12/h12H,2-8H2,1H3. The zero-order chi connectivity index (χ0) is 9.68. The first-order valence-corrected chi connectivity index (χ1v) is 4.81. The Bertz CT molecular complexity index is 173. The molecule has 0 radical (unpaired) electrons. The summed E-state index contributed by atoms with van der Waals surface area (Å²) in [5, 5.41) is 8.66. The fraction of sp³-hybridized carbons (Fsp3) is 0.889. The first-order chi connectivity index (χ1) is 6.24. The summed E-state index contributed by atoms with van der Waals surface area (Å²) < 4.78 is 0. The molecule has 0 spiro atoms. The van der Waals surface area contributed by atoms with Crippen molar-refractivity contribution in [2.24, 2.45) is 0 Å². The van der Waals surface area contributed by atoms with Gasteiger partial charge in [-0.1, -0.05) is 0 Å². The topological polar surface area (TPSA) is 43.8 Å². The van der Waals surface area contributed by atoms with Crippen molar-refractivity contribution in [3.63, 3.8) is 0 Å². The van der Waals surface area contributed by atoms with Gasteiger partial charge in [-0.25, -0.2) is 0 Å². The third kappa shape index (κ3) is 3.32. The maximum absolute atomic E-state index is 11.5. The summed E-state index contributed by atoms with van der Waals surface area (Å²) in [5.74, 6) is 0.220. The van der Waals surface area contributed by atoms with E-state index in [4.69, 9.17) is 5.11 Å². The van der Waals surface area contributed by atoms with Crippen molar-refractivity contribution in [3.05, 3.63) is 0 Å². The average molecular weight is 186 g/mol. The first-order valence-electron chi connectivity index (χ1n) is 4.81. The lowest BCUT2D eigenvalue weighted by Gasteiger charge is -2.19. The summed E-state index contributed by atoms with van der Waals surface area (Å²) in [4.78, 5) is 15.5. The van der Waals surface area contributed by atoms with E-state index in [1.54, 1.807) is 0 Å². The lowest BCUT2D eigenvalue weighted by molar-refractivity contribution is -0.130. The molecular weight excluding hydrogens is 168 g/mol. The molecule has 13 heavy (non-hydrogen) atoms. The Morgan fingerprint density at radius 1 is 1.38 bits per heavy atom. The van der Waals surface area contributed by atoms with Crippen LogP contribution in [0.25, 0.3) is 0 Å². The van der Waals surface area contributed by atoms with E-state index in [-0.39, 0.29) is 12.5 Å². The highest BCUT2D eigenvalue weighted by molar-refractivity contribution is 5.76. The molecule has 1 saturated heterocycles. The molecule has 0 aromatic rings. The zero-order valence-corrected chi connectivity index (χ0v) is 8.20. The molecule has 1 aliphatic heterocycles. The number of carbonyl (C=O) groups is 1. The van der Waals surface area contributed by atoms with Crippen LogP contribution in [0, 0.1) is 0 Å². The number of likely N-dealkylation sites (N-methyl/N-ethyl adjacent to an activating group) is 1. The molecule has 0 bridgehead atoms. The molecule has 1 heterocycles. The van der Waals surface area contributed by atoms with Crippen LogP contribution >= 0.6 is 0 Å². The maximum atomic E-state index is 11.5. The van der Waals surface area contributed by atoms with Crippen LogP contribution in [0.15, 0.2) is 0 Å². The van der Waals surface area contributed by atoms with E-state index in [1.165, 1.54) is 0 Å². The summed E-state index contributed by atoms with van der Waals surface area (Å²) in [6, 6.07) is 0. The van der Waals surface area contributed by atoms with Crippen molar-refractivity contribution in [1.82, 2.24) is 9.80 Å². The van der Waals surface area contributed by atoms with Crippen LogP contribution < -0.4 is 0 Å². The molecule has 1 fully saturated rings. The molecule has 0 aromatic heterocycles. The van der Waals surface area contributed by atoms with Gasteiger partial charge in [0.05, 0.1) is 0 Å². The normalized spacial score (nSPS) is 20.5. The van der Waals surface area contributed by atoms with E-state index in [0.29, 0.717) is 19.4 Å². The van der Waals surface area contributed by atoms with Crippen LogP contribution in [0.1, 0.15) is 12.8 Å². The van der Waals surface area contributed by atoms with Gasteiger partial charge in [-0.05, 0) is 13.5 Å². The van der Waals surface area contributed by atoms with Gasteiger partial charge < -0.3 is 14.9 Å². The minimum atomic E-state index is 0.166. The van der Waals surface area contributed by atoms with Crippen LogP contribution in [-0.4, -0.2) is 60.6 Å². The third-order valence-corrected chi connectivity index (χ3v) is 2.40. The number of amides is 1. The van der Waals surface area contributed by atoms with Gasteiger partial charge in [0.25, 0.3) is 0 Å². The van der Waals surface area contributed by atoms with E-state index in [9.17, 15) is 4.79 Å². The van der Waals surface area contributed by atoms with Crippen LogP contribution in [0.4, 0.5) is 0 Å². The van der Waals surface area contributed by atoms with Gasteiger partial charge in [-0.2, -0.15) is 0 Å². The smallest absolute Gasteiger partial charge is 0.223 e. The Labute approximate surface area is 79.1 Å². The zero-order valence-electron chi connectivity index (χ0n) is 8.20. The molecule has 4 nitrogen and oxygen atoms in total. The van der Waals surface area contributed by atoms with E-state index >= 15 is 0 Å². The average Bonchev–Trinajstić information content (AvgIpc) is 2.28. The molecule has 0 saturated carbocycles. The number of aliphatic hydroxyl groups is 1. The minimum Gasteiger partial charge on any atom is -0.396 e. The van der Waals surface area contributed by atoms with E-state index in [2.05, 4.69) is 4.90 Å². The van der Waals surface area contributed by atoms with Gasteiger partial charge in [-0.15, -0.1) is 0 Å². The van der Waals surface area contributed by atoms with Crippen molar-refractivity contribution in [2.75, 3.05) is 39.8 Å². The number of rotatable bonds is 3. The maximum Gasteiger partial charge on any atom is 0.223 e. The van der Waals surface area contributed by atoms with E-state index in [0.717, 1.165) is 19.6 Å². The van der Waals surface area contributed by atoms with Gasteiger partial charge >= 0.3 is 0 Å². The van der Waals surface area contributed by atoms with Crippen molar-refractivity contribution in [1.29, 1.82) is 0 Å². The summed E-state index contributed by atoms with van der Waals surface area (Å²) in [6.07, 6.45) is 1.30. The van der Waals surface area contributed by atoms with Crippen molar-refractivity contribution in [3.8, 4) is 0 Å². The molecule has 1 N–H and O–H groups in total. The first kappa shape index (κ1) is 10.5. The molecule has 1 aliphatic rings. The van der Waals surface area contributed by atoms with Gasteiger partial charge in [0, 0.05) is 39.2 Å². The Hall–Kier alpha value is -0.610. The van der Waals surface area contributed by atoms with E-state index < -0.39 is 0 Å². The molecule has 0 aromatic carbocycles. The van der Waals surface area contributed by atoms with Crippen LogP contribution in [-0.2, 0) is 4.79 Å². The lowest BCUT2D eigenvalue weighted by atomic mass is 10.3. The highest BCUT2D eigenvalue weighted by Gasteiger charge is 2.17. The number of aliphatic hydroxyl groups excluding tert-OH is 1. The van der Waals surface area contributed by atoms with Crippen molar-refractivity contribution >= 4 is 5.91 Å². The number of hydrogen-bond donors (Lipinski definition) is 1. The number of hydrogen-bond acceptors (Lipinski definition) is 3. The summed E-state index contributed by atoms with van der Waals surface area (Å²) in [7, 11) is 2.03. The minimum absolute atomic E-state index is 0.166. The predicted octanol–water partition coefficient (Wildman–Crippen LogP) is -0.467. The predicted molar refractivity (Wildman–Crippen MR) is 50.4 cm³/mol. The monoisotopic (exact) mass is 186 g/mol. The Kier molecular flexibility index (Phi) is 4.18. The Morgan fingerprint density at radius 2 is 2.15 bits per heavy atom. The molecule has 76 valence electrons. The largest absolute Gasteiger partial charge is 0.396 e. The molecule has 0 unspecified atom stereocenters. The second-order valence-electron chi connectivity index (χ2n) is 3.51. The second-order valence-corrected chi connectivity index (χ2v) is 3.51. The van der Waals surface area contributed by atoms with Crippen LogP contribution in [0.3, 0.4) is 0 Å². The van der Waals surface area contributed by atoms with Crippen LogP contribution in [0.2, 0.25) is 0 Å². The van der Waals surface area contributed by atoms with E-state index in [1.807, 2.05) is 11.9 Å². The summed E-state index contributed by atoms with van der Waals surface area (Å²) in [6.45, 7) is 3.46. The van der Waals surface area contributed by atoms with Gasteiger partial charge in [0.2, 0.25) is 5.91 Å². The highest BCUT2D eigenvalue weighted by atomic mass is 16.3. The fourth-order valence-electron chi connectivity index (χ4n) is 1.47. The SMILES string of the molecule is CN1CCC(=O)N(CCCO)CC1. The van der Waals surface area contributed by atoms with Gasteiger partial charge in [0.1, 0.15) is 0 Å². The molecule has 4 heteroatoms. The quantitative estimate of drug-likeness (QED) is 0.648. The Balaban J connectivity index is 2.38. The fourth-order valence-corrected chi connectivity index (χ4v) is 1.47. The highest BCUT2D eigenvalue weighted by Crippen LogP contribution is 2.03. The number of carbonyl (C=O) groups excluding carboxylic acids is 1. The molecular formula is C9H18N2O2. The molecule has 1 rings (SSSR count). The Morgan fingerprint density at radius 3 is 2.85 bits per heavy atom. The molecule has 0 aliphatic carbocycles.